The standard InChI is InChI=1S/C23H46N2/c1-4-7-10-12-14-17-20-25-22-21-24(19-16-9-6-3)23(25)18-15-13-11-8-5-2/h21-23H,4-20H2,1-3H3. The molecule has 1 heterocycles. The van der Waals surface area contributed by atoms with Crippen molar-refractivity contribution in [3.8, 4) is 0 Å². The van der Waals surface area contributed by atoms with Crippen LogP contribution < -0.4 is 0 Å². The molecule has 0 radical (unpaired) electrons. The third kappa shape index (κ3) is 10.2. The van der Waals surface area contributed by atoms with Crippen molar-refractivity contribution in [3.05, 3.63) is 12.4 Å². The van der Waals surface area contributed by atoms with Gasteiger partial charge < -0.3 is 9.80 Å². The molecule has 0 saturated carbocycles. The lowest BCUT2D eigenvalue weighted by Crippen LogP contribution is -2.39. The second-order valence-corrected chi connectivity index (χ2v) is 7.93. The molecule has 0 aliphatic carbocycles. The van der Waals surface area contributed by atoms with Crippen LogP contribution in [0.25, 0.3) is 0 Å². The first-order chi connectivity index (χ1) is 12.3. The minimum Gasteiger partial charge on any atom is -0.356 e. The quantitative estimate of drug-likeness (QED) is 0.254. The zero-order valence-corrected chi connectivity index (χ0v) is 17.6. The first-order valence-electron chi connectivity index (χ1n) is 11.5. The second-order valence-electron chi connectivity index (χ2n) is 7.93. The van der Waals surface area contributed by atoms with Gasteiger partial charge in [-0.05, 0) is 25.7 Å². The summed E-state index contributed by atoms with van der Waals surface area (Å²) in [4.78, 5) is 5.28. The molecule has 0 fully saturated rings. The van der Waals surface area contributed by atoms with Crippen LogP contribution in [0.2, 0.25) is 0 Å². The van der Waals surface area contributed by atoms with E-state index in [2.05, 4.69) is 43.0 Å². The summed E-state index contributed by atoms with van der Waals surface area (Å²) in [6, 6.07) is 0. The van der Waals surface area contributed by atoms with Gasteiger partial charge in [0, 0.05) is 25.5 Å². The number of rotatable bonds is 17. The van der Waals surface area contributed by atoms with E-state index in [4.69, 9.17) is 0 Å². The van der Waals surface area contributed by atoms with Gasteiger partial charge in [0.2, 0.25) is 0 Å². The van der Waals surface area contributed by atoms with E-state index in [-0.39, 0.29) is 0 Å². The van der Waals surface area contributed by atoms with E-state index in [0.29, 0.717) is 6.17 Å². The van der Waals surface area contributed by atoms with Gasteiger partial charge in [0.05, 0.1) is 0 Å². The predicted octanol–water partition coefficient (Wildman–Crippen LogP) is 7.31. The van der Waals surface area contributed by atoms with E-state index in [0.717, 1.165) is 0 Å². The number of nitrogens with zero attached hydrogens (tertiary/aromatic N) is 2. The largest absolute Gasteiger partial charge is 0.356 e. The lowest BCUT2D eigenvalue weighted by Gasteiger charge is -2.33. The third-order valence-corrected chi connectivity index (χ3v) is 5.57. The fourth-order valence-corrected chi connectivity index (χ4v) is 3.89. The summed E-state index contributed by atoms with van der Waals surface area (Å²) in [6.45, 7) is 9.41. The topological polar surface area (TPSA) is 6.48 Å². The molecule has 148 valence electrons. The Morgan fingerprint density at radius 2 is 0.920 bits per heavy atom. The lowest BCUT2D eigenvalue weighted by molar-refractivity contribution is 0.135. The maximum absolute atomic E-state index is 2.64. The van der Waals surface area contributed by atoms with Crippen LogP contribution in [0.4, 0.5) is 0 Å². The van der Waals surface area contributed by atoms with Gasteiger partial charge in [-0.2, -0.15) is 0 Å². The number of hydrogen-bond donors (Lipinski definition) is 0. The highest BCUT2D eigenvalue weighted by Crippen LogP contribution is 2.23. The van der Waals surface area contributed by atoms with E-state index in [1.54, 1.807) is 0 Å². The van der Waals surface area contributed by atoms with Crippen LogP contribution >= 0.6 is 0 Å². The van der Waals surface area contributed by atoms with Crippen LogP contribution in [-0.2, 0) is 0 Å². The van der Waals surface area contributed by atoms with E-state index in [9.17, 15) is 0 Å². The summed E-state index contributed by atoms with van der Waals surface area (Å²) in [5.41, 5.74) is 0. The molecular weight excluding hydrogens is 304 g/mol. The molecule has 2 heteroatoms. The smallest absolute Gasteiger partial charge is 0.101 e. The molecule has 1 unspecified atom stereocenters. The Labute approximate surface area is 159 Å². The minimum absolute atomic E-state index is 0.647. The van der Waals surface area contributed by atoms with Crippen LogP contribution in [0, 0.1) is 0 Å². The van der Waals surface area contributed by atoms with Crippen molar-refractivity contribution in [3.63, 3.8) is 0 Å². The first kappa shape index (κ1) is 22.4. The third-order valence-electron chi connectivity index (χ3n) is 5.57. The summed E-state index contributed by atoms with van der Waals surface area (Å²) >= 11 is 0. The Kier molecular flexibility index (Phi) is 14.0. The van der Waals surface area contributed by atoms with Gasteiger partial charge >= 0.3 is 0 Å². The molecule has 1 rings (SSSR count). The summed E-state index contributed by atoms with van der Waals surface area (Å²) in [5.74, 6) is 0. The molecule has 1 aliphatic heterocycles. The lowest BCUT2D eigenvalue weighted by atomic mass is 10.1. The van der Waals surface area contributed by atoms with E-state index >= 15 is 0 Å². The van der Waals surface area contributed by atoms with Gasteiger partial charge in [-0.25, -0.2) is 0 Å². The highest BCUT2D eigenvalue weighted by Gasteiger charge is 2.24. The molecule has 25 heavy (non-hydrogen) atoms. The fourth-order valence-electron chi connectivity index (χ4n) is 3.89. The zero-order chi connectivity index (χ0) is 18.2. The molecule has 0 aromatic carbocycles. The summed E-state index contributed by atoms with van der Waals surface area (Å²) in [7, 11) is 0. The number of hydrogen-bond acceptors (Lipinski definition) is 2. The normalized spacial score (nSPS) is 17.0. The van der Waals surface area contributed by atoms with Crippen molar-refractivity contribution in [1.82, 2.24) is 9.80 Å². The molecular formula is C23H46N2. The van der Waals surface area contributed by atoms with E-state index < -0.39 is 0 Å². The van der Waals surface area contributed by atoms with Crippen LogP contribution in [0.15, 0.2) is 12.4 Å². The summed E-state index contributed by atoms with van der Waals surface area (Å²) < 4.78 is 0. The Balaban J connectivity index is 2.32. The van der Waals surface area contributed by atoms with Crippen LogP contribution in [0.1, 0.15) is 117 Å². The summed E-state index contributed by atoms with van der Waals surface area (Å²) in [5, 5.41) is 0. The molecule has 0 saturated heterocycles. The van der Waals surface area contributed by atoms with Gasteiger partial charge in [-0.3, -0.25) is 0 Å². The predicted molar refractivity (Wildman–Crippen MR) is 113 cm³/mol. The van der Waals surface area contributed by atoms with Crippen molar-refractivity contribution in [1.29, 1.82) is 0 Å². The zero-order valence-electron chi connectivity index (χ0n) is 17.6. The molecule has 2 nitrogen and oxygen atoms in total. The van der Waals surface area contributed by atoms with Gasteiger partial charge in [0.1, 0.15) is 6.17 Å². The van der Waals surface area contributed by atoms with Gasteiger partial charge in [0.25, 0.3) is 0 Å². The van der Waals surface area contributed by atoms with Crippen molar-refractivity contribution in [2.45, 2.75) is 123 Å². The Morgan fingerprint density at radius 1 is 0.520 bits per heavy atom. The molecule has 0 bridgehead atoms. The first-order valence-corrected chi connectivity index (χ1v) is 11.5. The van der Waals surface area contributed by atoms with Crippen molar-refractivity contribution in [2.24, 2.45) is 0 Å². The second kappa shape index (κ2) is 15.6. The monoisotopic (exact) mass is 350 g/mol. The highest BCUT2D eigenvalue weighted by molar-refractivity contribution is 4.96. The van der Waals surface area contributed by atoms with Crippen LogP contribution in [-0.4, -0.2) is 29.1 Å². The van der Waals surface area contributed by atoms with E-state index in [1.807, 2.05) is 0 Å². The Morgan fingerprint density at radius 3 is 1.48 bits per heavy atom. The van der Waals surface area contributed by atoms with Crippen molar-refractivity contribution < 1.29 is 0 Å². The molecule has 0 spiro atoms. The number of unbranched alkanes of at least 4 members (excludes halogenated alkanes) is 11. The fraction of sp³-hybridized carbons (Fsp3) is 0.913. The molecule has 0 aromatic heterocycles. The minimum atomic E-state index is 0.647. The van der Waals surface area contributed by atoms with E-state index in [1.165, 1.54) is 109 Å². The average Bonchev–Trinajstić information content (AvgIpc) is 3.00. The van der Waals surface area contributed by atoms with Gasteiger partial charge in [-0.15, -0.1) is 0 Å². The van der Waals surface area contributed by atoms with Crippen LogP contribution in [0.5, 0.6) is 0 Å². The maximum atomic E-state index is 2.64. The molecule has 0 amide bonds. The molecule has 1 atom stereocenters. The van der Waals surface area contributed by atoms with Gasteiger partial charge in [-0.1, -0.05) is 91.4 Å². The van der Waals surface area contributed by atoms with Gasteiger partial charge in [0.15, 0.2) is 0 Å². The Hall–Kier alpha value is -0.660. The average molecular weight is 351 g/mol. The van der Waals surface area contributed by atoms with Crippen molar-refractivity contribution >= 4 is 0 Å². The molecule has 0 aromatic rings. The highest BCUT2D eigenvalue weighted by atomic mass is 15.4. The molecule has 1 aliphatic rings. The maximum Gasteiger partial charge on any atom is 0.101 e. The van der Waals surface area contributed by atoms with Crippen LogP contribution in [0.3, 0.4) is 0 Å². The molecule has 0 N–H and O–H groups in total. The Bertz CT molecular complexity index is 313. The summed E-state index contributed by atoms with van der Waals surface area (Å²) in [6.07, 6.45) is 26.1. The SMILES string of the molecule is CCCCCCCCN1C=CN(CCCCC)C1CCCCCCC. The van der Waals surface area contributed by atoms with Crippen molar-refractivity contribution in [2.75, 3.05) is 13.1 Å².